The predicted molar refractivity (Wildman–Crippen MR) is 59.2 cm³/mol. The van der Waals surface area contributed by atoms with Crippen molar-refractivity contribution in [3.8, 4) is 11.8 Å². The third-order valence-electron chi connectivity index (χ3n) is 1.86. The van der Waals surface area contributed by atoms with Crippen LogP contribution in [0.1, 0.15) is 19.4 Å². The van der Waals surface area contributed by atoms with Crippen molar-refractivity contribution in [1.82, 2.24) is 0 Å². The number of hydrogen-bond donors (Lipinski definition) is 1. The first kappa shape index (κ1) is 11.1. The summed E-state index contributed by atoms with van der Waals surface area (Å²) >= 11 is 5.75. The van der Waals surface area contributed by atoms with E-state index in [4.69, 9.17) is 11.6 Å². The minimum atomic E-state index is -0.956. The summed E-state index contributed by atoms with van der Waals surface area (Å²) in [4.78, 5) is 0. The molecule has 1 atom stereocenters. The van der Waals surface area contributed by atoms with E-state index in [9.17, 15) is 5.11 Å². The molecule has 1 rings (SSSR count). The number of halogens is 1. The summed E-state index contributed by atoms with van der Waals surface area (Å²) < 4.78 is 0. The third kappa shape index (κ3) is 3.41. The van der Waals surface area contributed by atoms with Crippen molar-refractivity contribution in [2.45, 2.75) is 25.9 Å². The highest BCUT2D eigenvalue weighted by Crippen LogP contribution is 2.15. The Labute approximate surface area is 89.7 Å². The molecule has 0 aliphatic rings. The standard InChI is InChI=1S/C12H13ClO/c1-3-8-12(2,14)9-10-4-6-11(13)7-5-10/h4-7,14H,9H2,1-2H3. The molecule has 1 N–H and O–H groups in total. The highest BCUT2D eigenvalue weighted by Gasteiger charge is 2.16. The van der Waals surface area contributed by atoms with Crippen molar-refractivity contribution in [3.05, 3.63) is 34.9 Å². The lowest BCUT2D eigenvalue weighted by Gasteiger charge is -2.16. The van der Waals surface area contributed by atoms with Crippen LogP contribution in [-0.2, 0) is 6.42 Å². The molecule has 2 heteroatoms. The molecule has 1 nitrogen and oxygen atoms in total. The molecule has 0 bridgehead atoms. The van der Waals surface area contributed by atoms with Gasteiger partial charge in [-0.05, 0) is 31.5 Å². The summed E-state index contributed by atoms with van der Waals surface area (Å²) in [6, 6.07) is 7.42. The molecule has 0 aliphatic carbocycles. The van der Waals surface area contributed by atoms with Gasteiger partial charge in [0.2, 0.25) is 0 Å². The van der Waals surface area contributed by atoms with Gasteiger partial charge in [-0.1, -0.05) is 29.7 Å². The second-order valence-electron chi connectivity index (χ2n) is 3.45. The number of rotatable bonds is 2. The van der Waals surface area contributed by atoms with Crippen molar-refractivity contribution in [1.29, 1.82) is 0 Å². The summed E-state index contributed by atoms with van der Waals surface area (Å²) in [7, 11) is 0. The van der Waals surface area contributed by atoms with Gasteiger partial charge in [0.1, 0.15) is 5.60 Å². The average Bonchev–Trinajstić information content (AvgIpc) is 2.08. The van der Waals surface area contributed by atoms with Crippen LogP contribution in [0.2, 0.25) is 5.02 Å². The fourth-order valence-electron chi connectivity index (χ4n) is 1.31. The number of aliphatic hydroxyl groups is 1. The van der Waals surface area contributed by atoms with Crippen LogP contribution in [0.15, 0.2) is 24.3 Å². The van der Waals surface area contributed by atoms with E-state index in [1.807, 2.05) is 24.3 Å². The molecule has 0 fully saturated rings. The van der Waals surface area contributed by atoms with E-state index in [1.54, 1.807) is 13.8 Å². The van der Waals surface area contributed by atoms with Gasteiger partial charge in [0.25, 0.3) is 0 Å². The first-order chi connectivity index (χ1) is 6.53. The van der Waals surface area contributed by atoms with Crippen molar-refractivity contribution in [3.63, 3.8) is 0 Å². The fourth-order valence-corrected chi connectivity index (χ4v) is 1.44. The van der Waals surface area contributed by atoms with Gasteiger partial charge in [0.15, 0.2) is 0 Å². The molecular weight excluding hydrogens is 196 g/mol. The van der Waals surface area contributed by atoms with E-state index in [0.29, 0.717) is 11.4 Å². The van der Waals surface area contributed by atoms with Gasteiger partial charge in [-0.2, -0.15) is 0 Å². The van der Waals surface area contributed by atoms with Crippen molar-refractivity contribution in [2.75, 3.05) is 0 Å². The van der Waals surface area contributed by atoms with Gasteiger partial charge in [0.05, 0.1) is 0 Å². The fraction of sp³-hybridized carbons (Fsp3) is 0.333. The van der Waals surface area contributed by atoms with E-state index < -0.39 is 5.60 Å². The van der Waals surface area contributed by atoms with Gasteiger partial charge in [-0.15, -0.1) is 5.92 Å². The van der Waals surface area contributed by atoms with E-state index in [0.717, 1.165) is 5.56 Å². The molecule has 0 amide bonds. The van der Waals surface area contributed by atoms with Crippen LogP contribution >= 0.6 is 11.6 Å². The maximum atomic E-state index is 9.83. The molecule has 1 aromatic carbocycles. The number of hydrogen-bond acceptors (Lipinski definition) is 1. The number of benzene rings is 1. The normalized spacial score (nSPS) is 14.0. The van der Waals surface area contributed by atoms with Crippen LogP contribution in [-0.4, -0.2) is 10.7 Å². The van der Waals surface area contributed by atoms with E-state index >= 15 is 0 Å². The Morgan fingerprint density at radius 3 is 2.43 bits per heavy atom. The quantitative estimate of drug-likeness (QED) is 0.741. The molecule has 0 saturated carbocycles. The lowest BCUT2D eigenvalue weighted by Crippen LogP contribution is -2.24. The van der Waals surface area contributed by atoms with E-state index in [2.05, 4.69) is 11.8 Å². The minimum absolute atomic E-state index is 0.519. The van der Waals surface area contributed by atoms with Crippen molar-refractivity contribution < 1.29 is 5.11 Å². The molecule has 1 unspecified atom stereocenters. The maximum absolute atomic E-state index is 9.83. The lowest BCUT2D eigenvalue weighted by atomic mass is 9.97. The van der Waals surface area contributed by atoms with Crippen molar-refractivity contribution >= 4 is 11.6 Å². The van der Waals surface area contributed by atoms with Gasteiger partial charge in [0, 0.05) is 11.4 Å². The Hall–Kier alpha value is -0.970. The van der Waals surface area contributed by atoms with Gasteiger partial charge < -0.3 is 5.11 Å². The molecular formula is C12H13ClO. The van der Waals surface area contributed by atoms with Gasteiger partial charge >= 0.3 is 0 Å². The topological polar surface area (TPSA) is 20.2 Å². The Morgan fingerprint density at radius 2 is 1.93 bits per heavy atom. The zero-order valence-corrected chi connectivity index (χ0v) is 9.10. The zero-order chi connectivity index (χ0) is 10.6. The van der Waals surface area contributed by atoms with Crippen LogP contribution in [0.3, 0.4) is 0 Å². The first-order valence-electron chi connectivity index (χ1n) is 4.44. The third-order valence-corrected chi connectivity index (χ3v) is 2.11. The Balaban J connectivity index is 2.77. The molecule has 0 aromatic heterocycles. The lowest BCUT2D eigenvalue weighted by molar-refractivity contribution is 0.123. The Morgan fingerprint density at radius 1 is 1.36 bits per heavy atom. The minimum Gasteiger partial charge on any atom is -0.378 e. The molecule has 0 radical (unpaired) electrons. The molecule has 74 valence electrons. The highest BCUT2D eigenvalue weighted by molar-refractivity contribution is 6.30. The maximum Gasteiger partial charge on any atom is 0.126 e. The molecule has 0 spiro atoms. The summed E-state index contributed by atoms with van der Waals surface area (Å²) in [5, 5.41) is 10.5. The Kier molecular flexibility index (Phi) is 3.57. The predicted octanol–water partition coefficient (Wildman–Crippen LogP) is 2.66. The molecule has 0 aliphatic heterocycles. The monoisotopic (exact) mass is 208 g/mol. The SMILES string of the molecule is CC#CC(C)(O)Cc1ccc(Cl)cc1. The molecule has 14 heavy (non-hydrogen) atoms. The Bertz CT molecular complexity index is 354. The van der Waals surface area contributed by atoms with Crippen LogP contribution in [0, 0.1) is 11.8 Å². The molecule has 0 saturated heterocycles. The average molecular weight is 209 g/mol. The van der Waals surface area contributed by atoms with Crippen LogP contribution in [0.5, 0.6) is 0 Å². The first-order valence-corrected chi connectivity index (χ1v) is 4.82. The molecule has 0 heterocycles. The molecule has 1 aromatic rings. The zero-order valence-electron chi connectivity index (χ0n) is 8.34. The largest absolute Gasteiger partial charge is 0.378 e. The summed E-state index contributed by atoms with van der Waals surface area (Å²) in [5.74, 6) is 5.47. The van der Waals surface area contributed by atoms with E-state index in [1.165, 1.54) is 0 Å². The summed E-state index contributed by atoms with van der Waals surface area (Å²) in [6.07, 6.45) is 0.519. The summed E-state index contributed by atoms with van der Waals surface area (Å²) in [6.45, 7) is 3.43. The summed E-state index contributed by atoms with van der Waals surface area (Å²) in [5.41, 5.74) is 0.0740. The van der Waals surface area contributed by atoms with Gasteiger partial charge in [-0.25, -0.2) is 0 Å². The van der Waals surface area contributed by atoms with Crippen LogP contribution < -0.4 is 0 Å². The second kappa shape index (κ2) is 4.50. The van der Waals surface area contributed by atoms with Crippen molar-refractivity contribution in [2.24, 2.45) is 0 Å². The van der Waals surface area contributed by atoms with Gasteiger partial charge in [-0.3, -0.25) is 0 Å². The van der Waals surface area contributed by atoms with E-state index in [-0.39, 0.29) is 0 Å². The van der Waals surface area contributed by atoms with Crippen LogP contribution in [0.25, 0.3) is 0 Å². The second-order valence-corrected chi connectivity index (χ2v) is 3.89. The smallest absolute Gasteiger partial charge is 0.126 e. The highest BCUT2D eigenvalue weighted by atomic mass is 35.5. The van der Waals surface area contributed by atoms with Crippen LogP contribution in [0.4, 0.5) is 0 Å².